The van der Waals surface area contributed by atoms with Gasteiger partial charge in [0.25, 0.3) is 5.92 Å². The fourth-order valence-electron chi connectivity index (χ4n) is 2.13. The van der Waals surface area contributed by atoms with Crippen molar-refractivity contribution in [3.63, 3.8) is 0 Å². The maximum absolute atomic E-state index is 13.4. The lowest BCUT2D eigenvalue weighted by Crippen LogP contribution is -2.39. The van der Waals surface area contributed by atoms with Gasteiger partial charge in [0.1, 0.15) is 11.6 Å². The molecule has 0 radical (unpaired) electrons. The summed E-state index contributed by atoms with van der Waals surface area (Å²) in [5.41, 5.74) is 5.68. The molecule has 1 aliphatic heterocycles. The summed E-state index contributed by atoms with van der Waals surface area (Å²) in [6.07, 6.45) is 0.902. The van der Waals surface area contributed by atoms with Gasteiger partial charge in [0.15, 0.2) is 0 Å². The van der Waals surface area contributed by atoms with Crippen LogP contribution < -0.4 is 15.4 Å². The Bertz CT molecular complexity index is 457. The quantitative estimate of drug-likeness (QED) is 0.873. The molecular formula is C17H29F3N2O. The minimum absolute atomic E-state index is 0.174. The molecule has 6 heteroatoms. The third-order valence-electron chi connectivity index (χ3n) is 3.30. The van der Waals surface area contributed by atoms with E-state index in [4.69, 9.17) is 4.74 Å². The average molecular weight is 334 g/mol. The Hall–Kier alpha value is -1.43. The summed E-state index contributed by atoms with van der Waals surface area (Å²) in [7, 11) is 2.95. The van der Waals surface area contributed by atoms with Crippen molar-refractivity contribution in [2.75, 3.05) is 32.1 Å². The monoisotopic (exact) mass is 334 g/mol. The highest BCUT2D eigenvalue weighted by Crippen LogP contribution is 2.36. The van der Waals surface area contributed by atoms with Crippen LogP contribution in [0.15, 0.2) is 12.1 Å². The number of hydrogen-bond acceptors (Lipinski definition) is 3. The lowest BCUT2D eigenvalue weighted by atomic mass is 10.1. The molecule has 2 N–H and O–H groups in total. The van der Waals surface area contributed by atoms with Gasteiger partial charge in [-0.25, -0.2) is 13.2 Å². The van der Waals surface area contributed by atoms with Crippen LogP contribution in [-0.4, -0.2) is 33.2 Å². The van der Waals surface area contributed by atoms with Crippen LogP contribution in [0.25, 0.3) is 0 Å². The highest BCUT2D eigenvalue weighted by Gasteiger charge is 2.34. The number of anilines is 1. The van der Waals surface area contributed by atoms with E-state index in [1.54, 1.807) is 13.0 Å². The van der Waals surface area contributed by atoms with Crippen molar-refractivity contribution >= 4 is 5.69 Å². The molecule has 23 heavy (non-hydrogen) atoms. The molecule has 0 saturated carbocycles. The predicted molar refractivity (Wildman–Crippen MR) is 90.2 cm³/mol. The Morgan fingerprint density at radius 3 is 2.09 bits per heavy atom. The van der Waals surface area contributed by atoms with E-state index in [1.165, 1.54) is 26.6 Å². The number of nitrogens with zero attached hydrogens (tertiary/aromatic N) is 1. The second-order valence-electron chi connectivity index (χ2n) is 5.32. The van der Waals surface area contributed by atoms with Gasteiger partial charge in [-0.15, -0.1) is 0 Å². The number of alkyl halides is 2. The van der Waals surface area contributed by atoms with Crippen LogP contribution in [0.1, 0.15) is 38.7 Å². The van der Waals surface area contributed by atoms with Crippen LogP contribution in [0, 0.1) is 12.7 Å². The van der Waals surface area contributed by atoms with Crippen LogP contribution in [-0.2, 0) is 0 Å². The first-order chi connectivity index (χ1) is 10.8. The number of ether oxygens (including phenoxy) is 1. The van der Waals surface area contributed by atoms with Gasteiger partial charge in [0.05, 0.1) is 12.8 Å². The van der Waals surface area contributed by atoms with E-state index in [9.17, 15) is 13.2 Å². The lowest BCUT2D eigenvalue weighted by Gasteiger charge is -2.34. The van der Waals surface area contributed by atoms with Crippen molar-refractivity contribution in [3.05, 3.63) is 23.5 Å². The van der Waals surface area contributed by atoms with Crippen LogP contribution in [0.5, 0.6) is 5.75 Å². The first kappa shape index (κ1) is 21.6. The zero-order valence-corrected chi connectivity index (χ0v) is 14.8. The molecule has 0 amide bonds. The molecule has 1 aliphatic rings. The number of piperidine rings is 1. The van der Waals surface area contributed by atoms with E-state index in [0.29, 0.717) is 17.0 Å². The van der Waals surface area contributed by atoms with E-state index in [0.717, 1.165) is 0 Å². The summed E-state index contributed by atoms with van der Waals surface area (Å²) in [5, 5.41) is 0. The number of nitrogens with two attached hydrogens (primary N) is 1. The highest BCUT2D eigenvalue weighted by atomic mass is 19.3. The average Bonchev–Trinajstić information content (AvgIpc) is 2.52. The smallest absolute Gasteiger partial charge is 0.251 e. The Balaban J connectivity index is 0.000000868. The summed E-state index contributed by atoms with van der Waals surface area (Å²) >= 11 is 0. The first-order valence-electron chi connectivity index (χ1n) is 7.89. The molecular weight excluding hydrogens is 305 g/mol. The van der Waals surface area contributed by atoms with Crippen molar-refractivity contribution in [2.45, 2.75) is 46.0 Å². The maximum Gasteiger partial charge on any atom is 0.251 e. The second kappa shape index (κ2) is 10.4. The Labute approximate surface area is 137 Å². The topological polar surface area (TPSA) is 38.5 Å². The normalized spacial score (nSPS) is 15.8. The zero-order valence-electron chi connectivity index (χ0n) is 14.8. The minimum atomic E-state index is -2.58. The molecule has 1 heterocycles. The van der Waals surface area contributed by atoms with Crippen molar-refractivity contribution in [3.8, 4) is 5.75 Å². The van der Waals surface area contributed by atoms with E-state index in [-0.39, 0.29) is 31.7 Å². The summed E-state index contributed by atoms with van der Waals surface area (Å²) < 4.78 is 44.7. The van der Waals surface area contributed by atoms with E-state index in [2.05, 4.69) is 19.6 Å². The molecule has 1 aromatic rings. The molecule has 1 fully saturated rings. The Kier molecular flexibility index (Phi) is 9.72. The molecule has 0 unspecified atom stereocenters. The Morgan fingerprint density at radius 2 is 1.65 bits per heavy atom. The van der Waals surface area contributed by atoms with Gasteiger partial charge >= 0.3 is 0 Å². The van der Waals surface area contributed by atoms with Gasteiger partial charge < -0.3 is 15.4 Å². The van der Waals surface area contributed by atoms with Gasteiger partial charge in [-0.3, -0.25) is 0 Å². The molecule has 1 saturated heterocycles. The van der Waals surface area contributed by atoms with E-state index in [1.807, 2.05) is 4.90 Å². The van der Waals surface area contributed by atoms with Crippen LogP contribution in [0.2, 0.25) is 0 Å². The van der Waals surface area contributed by atoms with Gasteiger partial charge in [0, 0.05) is 32.0 Å². The standard InChI is InChI=1S/C13H16F3NO.C3H8.CH5N/c1-9-7-11(12(18-2)8-10(9)14)17-5-3-13(15,16)4-6-17;1-3-2;1-2/h7-8H,3-6H2,1-2H3;3H2,1-2H3;2H2,1H3. The number of halogens is 3. The van der Waals surface area contributed by atoms with Crippen molar-refractivity contribution in [1.82, 2.24) is 0 Å². The number of aryl methyl sites for hydroxylation is 1. The third kappa shape index (κ3) is 6.69. The van der Waals surface area contributed by atoms with Gasteiger partial charge in [-0.05, 0) is 25.6 Å². The highest BCUT2D eigenvalue weighted by molar-refractivity contribution is 5.60. The van der Waals surface area contributed by atoms with Crippen LogP contribution >= 0.6 is 0 Å². The molecule has 3 nitrogen and oxygen atoms in total. The summed E-state index contributed by atoms with van der Waals surface area (Å²) in [5.74, 6) is -2.54. The zero-order chi connectivity index (χ0) is 18.0. The van der Waals surface area contributed by atoms with E-state index >= 15 is 0 Å². The molecule has 2 rings (SSSR count). The number of hydrogen-bond donors (Lipinski definition) is 1. The predicted octanol–water partition coefficient (Wildman–Crippen LogP) is 4.37. The molecule has 1 aromatic carbocycles. The third-order valence-corrected chi connectivity index (χ3v) is 3.30. The van der Waals surface area contributed by atoms with Crippen LogP contribution in [0.4, 0.5) is 18.9 Å². The molecule has 134 valence electrons. The fourth-order valence-corrected chi connectivity index (χ4v) is 2.13. The number of methoxy groups -OCH3 is 1. The molecule has 0 atom stereocenters. The van der Waals surface area contributed by atoms with Crippen molar-refractivity contribution < 1.29 is 17.9 Å². The van der Waals surface area contributed by atoms with Crippen molar-refractivity contribution in [1.29, 1.82) is 0 Å². The largest absolute Gasteiger partial charge is 0.494 e. The number of rotatable bonds is 2. The fraction of sp³-hybridized carbons (Fsp3) is 0.647. The molecule has 0 spiro atoms. The summed E-state index contributed by atoms with van der Waals surface area (Å²) in [6, 6.07) is 2.95. The maximum atomic E-state index is 13.4. The SMILES string of the molecule is CCC.CN.COc1cc(F)c(C)cc1N1CCC(F)(F)CC1. The number of benzene rings is 1. The molecule has 0 aliphatic carbocycles. The summed E-state index contributed by atoms with van der Waals surface area (Å²) in [6.45, 7) is 6.42. The van der Waals surface area contributed by atoms with Gasteiger partial charge in [0.2, 0.25) is 0 Å². The van der Waals surface area contributed by atoms with E-state index < -0.39 is 5.92 Å². The molecule has 0 aromatic heterocycles. The van der Waals surface area contributed by atoms with Gasteiger partial charge in [-0.1, -0.05) is 20.3 Å². The lowest BCUT2D eigenvalue weighted by molar-refractivity contribution is -0.0221. The first-order valence-corrected chi connectivity index (χ1v) is 7.89. The second-order valence-corrected chi connectivity index (χ2v) is 5.32. The molecule has 0 bridgehead atoms. The minimum Gasteiger partial charge on any atom is -0.494 e. The summed E-state index contributed by atoms with van der Waals surface area (Å²) in [4.78, 5) is 1.82. The van der Waals surface area contributed by atoms with Gasteiger partial charge in [-0.2, -0.15) is 0 Å². The van der Waals surface area contributed by atoms with Crippen molar-refractivity contribution in [2.24, 2.45) is 5.73 Å². The van der Waals surface area contributed by atoms with Crippen LogP contribution in [0.3, 0.4) is 0 Å². The Morgan fingerprint density at radius 1 is 1.17 bits per heavy atom.